The summed E-state index contributed by atoms with van der Waals surface area (Å²) >= 11 is 0. The largest absolute Gasteiger partial charge is 0.480 e. The molecule has 1 unspecified atom stereocenters. The van der Waals surface area contributed by atoms with Crippen molar-refractivity contribution in [3.8, 4) is 0 Å². The number of nitrogens with zero attached hydrogens (tertiary/aromatic N) is 3. The molecule has 0 aliphatic heterocycles. The maximum absolute atomic E-state index is 11.7. The monoisotopic (exact) mass is 270 g/mol. The molecule has 0 saturated carbocycles. The topological polar surface area (TPSA) is 106 Å². The van der Waals surface area contributed by atoms with E-state index >= 15 is 0 Å². The Hall–Kier alpha value is -2.12. The molecule has 1 atom stereocenters. The Morgan fingerprint density at radius 2 is 2.21 bits per heavy atom. The van der Waals surface area contributed by atoms with Gasteiger partial charge in [-0.15, -0.1) is 0 Å². The van der Waals surface area contributed by atoms with Crippen LogP contribution >= 0.6 is 0 Å². The van der Waals surface area contributed by atoms with E-state index in [0.29, 0.717) is 12.8 Å². The molecule has 1 amide bonds. The molecule has 19 heavy (non-hydrogen) atoms. The van der Waals surface area contributed by atoms with Gasteiger partial charge in [-0.05, 0) is 6.42 Å². The van der Waals surface area contributed by atoms with E-state index in [-0.39, 0.29) is 6.54 Å². The third-order valence-electron chi connectivity index (χ3n) is 2.66. The van der Waals surface area contributed by atoms with Crippen LogP contribution in [0.25, 0.3) is 0 Å². The molecule has 1 rings (SSSR count). The van der Waals surface area contributed by atoms with Crippen molar-refractivity contribution in [1.29, 1.82) is 0 Å². The van der Waals surface area contributed by atoms with Gasteiger partial charge in [0.25, 0.3) is 0 Å². The molecule has 1 heterocycles. The standard InChI is InChI=1S/C11H18N4O4/c1-3-4-5-8(10(17)18)13-9(16)6-15-11(19)14(2)7-12-15/h7-8H,3-6H2,1-2H3,(H,13,16)(H,17,18). The number of carbonyl (C=O) groups excluding carboxylic acids is 1. The van der Waals surface area contributed by atoms with E-state index in [1.165, 1.54) is 17.9 Å². The lowest BCUT2D eigenvalue weighted by molar-refractivity contribution is -0.142. The van der Waals surface area contributed by atoms with Crippen molar-refractivity contribution in [2.75, 3.05) is 0 Å². The van der Waals surface area contributed by atoms with Gasteiger partial charge in [-0.25, -0.2) is 14.3 Å². The van der Waals surface area contributed by atoms with Crippen LogP contribution in [0, 0.1) is 0 Å². The van der Waals surface area contributed by atoms with Crippen molar-refractivity contribution in [3.05, 3.63) is 16.8 Å². The summed E-state index contributed by atoms with van der Waals surface area (Å²) in [5.41, 5.74) is -0.421. The van der Waals surface area contributed by atoms with Crippen LogP contribution < -0.4 is 11.0 Å². The molecule has 0 aromatic carbocycles. The van der Waals surface area contributed by atoms with Crippen LogP contribution in [0.4, 0.5) is 0 Å². The van der Waals surface area contributed by atoms with Gasteiger partial charge in [-0.3, -0.25) is 9.36 Å². The van der Waals surface area contributed by atoms with Gasteiger partial charge >= 0.3 is 11.7 Å². The maximum atomic E-state index is 11.7. The zero-order valence-electron chi connectivity index (χ0n) is 11.0. The average Bonchev–Trinajstić information content (AvgIpc) is 2.66. The smallest absolute Gasteiger partial charge is 0.345 e. The summed E-state index contributed by atoms with van der Waals surface area (Å²) in [6, 6.07) is -0.924. The van der Waals surface area contributed by atoms with Gasteiger partial charge in [-0.2, -0.15) is 5.10 Å². The molecule has 0 spiro atoms. The average molecular weight is 270 g/mol. The van der Waals surface area contributed by atoms with Crippen LogP contribution in [0.15, 0.2) is 11.1 Å². The molecule has 0 fully saturated rings. The Kier molecular flexibility index (Phi) is 5.28. The number of unbranched alkanes of at least 4 members (excludes halogenated alkanes) is 1. The molecule has 2 N–H and O–H groups in total. The van der Waals surface area contributed by atoms with Crippen molar-refractivity contribution in [2.45, 2.75) is 38.8 Å². The predicted octanol–water partition coefficient (Wildman–Crippen LogP) is -0.659. The van der Waals surface area contributed by atoms with Crippen LogP contribution in [-0.4, -0.2) is 37.4 Å². The zero-order chi connectivity index (χ0) is 14.4. The number of aromatic nitrogens is 3. The Morgan fingerprint density at radius 1 is 1.53 bits per heavy atom. The zero-order valence-corrected chi connectivity index (χ0v) is 11.0. The third kappa shape index (κ3) is 4.23. The minimum Gasteiger partial charge on any atom is -0.480 e. The second-order valence-electron chi connectivity index (χ2n) is 4.28. The lowest BCUT2D eigenvalue weighted by Crippen LogP contribution is -2.43. The molecule has 0 radical (unpaired) electrons. The fourth-order valence-corrected chi connectivity index (χ4v) is 1.57. The van der Waals surface area contributed by atoms with Crippen LogP contribution in [0.3, 0.4) is 0 Å². The van der Waals surface area contributed by atoms with Crippen LogP contribution in [0.5, 0.6) is 0 Å². The number of rotatable bonds is 7. The van der Waals surface area contributed by atoms with Crippen molar-refractivity contribution >= 4 is 11.9 Å². The Bertz CT molecular complexity index is 505. The quantitative estimate of drug-likeness (QED) is 0.684. The molecule has 0 aliphatic carbocycles. The predicted molar refractivity (Wildman–Crippen MR) is 66.6 cm³/mol. The number of hydrogen-bond donors (Lipinski definition) is 2. The summed E-state index contributed by atoms with van der Waals surface area (Å²) in [7, 11) is 1.52. The number of carboxylic acids is 1. The minimum atomic E-state index is -1.07. The van der Waals surface area contributed by atoms with Crippen molar-refractivity contribution in [3.63, 3.8) is 0 Å². The van der Waals surface area contributed by atoms with Crippen molar-refractivity contribution < 1.29 is 14.7 Å². The van der Waals surface area contributed by atoms with Gasteiger partial charge in [0.15, 0.2) is 0 Å². The summed E-state index contributed by atoms with van der Waals surface area (Å²) < 4.78 is 2.22. The van der Waals surface area contributed by atoms with E-state index in [9.17, 15) is 14.4 Å². The Morgan fingerprint density at radius 3 is 2.68 bits per heavy atom. The molecular formula is C11H18N4O4. The number of carboxylic acid groups (broad SMARTS) is 1. The number of hydrogen-bond acceptors (Lipinski definition) is 4. The van der Waals surface area contributed by atoms with Crippen LogP contribution in [0.2, 0.25) is 0 Å². The molecule has 1 aromatic rings. The molecule has 1 aromatic heterocycles. The first kappa shape index (κ1) is 14.9. The number of aliphatic carboxylic acids is 1. The fourth-order valence-electron chi connectivity index (χ4n) is 1.57. The number of amides is 1. The second-order valence-corrected chi connectivity index (χ2v) is 4.28. The molecule has 0 saturated heterocycles. The van der Waals surface area contributed by atoms with Gasteiger partial charge in [0.2, 0.25) is 5.91 Å². The van der Waals surface area contributed by atoms with E-state index in [4.69, 9.17) is 5.11 Å². The maximum Gasteiger partial charge on any atom is 0.345 e. The number of aryl methyl sites for hydroxylation is 1. The summed E-state index contributed by atoms with van der Waals surface area (Å²) in [6.45, 7) is 1.66. The van der Waals surface area contributed by atoms with Gasteiger partial charge < -0.3 is 10.4 Å². The van der Waals surface area contributed by atoms with Crippen molar-refractivity contribution in [1.82, 2.24) is 19.7 Å². The Labute approximate surface area is 110 Å². The van der Waals surface area contributed by atoms with E-state index in [1.807, 2.05) is 6.92 Å². The SMILES string of the molecule is CCCCC(NC(=O)Cn1ncn(C)c1=O)C(=O)O. The summed E-state index contributed by atoms with van der Waals surface area (Å²) in [5, 5.41) is 15.1. The first-order chi connectivity index (χ1) is 8.95. The number of carbonyl (C=O) groups is 2. The van der Waals surface area contributed by atoms with Crippen LogP contribution in [0.1, 0.15) is 26.2 Å². The lowest BCUT2D eigenvalue weighted by atomic mass is 10.1. The van der Waals surface area contributed by atoms with E-state index < -0.39 is 23.6 Å². The van der Waals surface area contributed by atoms with E-state index in [0.717, 1.165) is 11.1 Å². The Balaban J connectivity index is 2.60. The highest BCUT2D eigenvalue weighted by atomic mass is 16.4. The summed E-state index contributed by atoms with van der Waals surface area (Å²) in [4.78, 5) is 34.1. The molecular weight excluding hydrogens is 252 g/mol. The van der Waals surface area contributed by atoms with Gasteiger partial charge in [0, 0.05) is 7.05 Å². The highest BCUT2D eigenvalue weighted by Crippen LogP contribution is 2.00. The highest BCUT2D eigenvalue weighted by Gasteiger charge is 2.19. The van der Waals surface area contributed by atoms with Gasteiger partial charge in [0.1, 0.15) is 18.9 Å². The number of nitrogens with one attached hydrogen (secondary N) is 1. The molecule has 0 bridgehead atoms. The minimum absolute atomic E-state index is 0.282. The lowest BCUT2D eigenvalue weighted by Gasteiger charge is -2.13. The van der Waals surface area contributed by atoms with Gasteiger partial charge in [0.05, 0.1) is 0 Å². The molecule has 106 valence electrons. The van der Waals surface area contributed by atoms with Crippen molar-refractivity contribution in [2.24, 2.45) is 7.05 Å². The third-order valence-corrected chi connectivity index (χ3v) is 2.66. The van der Waals surface area contributed by atoms with Crippen LogP contribution in [-0.2, 0) is 23.2 Å². The van der Waals surface area contributed by atoms with Gasteiger partial charge in [-0.1, -0.05) is 19.8 Å². The highest BCUT2D eigenvalue weighted by molar-refractivity contribution is 5.83. The summed E-state index contributed by atoms with van der Waals surface area (Å²) in [6.07, 6.45) is 3.22. The first-order valence-corrected chi connectivity index (χ1v) is 6.06. The molecule has 8 nitrogen and oxygen atoms in total. The van der Waals surface area contributed by atoms with E-state index in [2.05, 4.69) is 10.4 Å². The summed E-state index contributed by atoms with van der Waals surface area (Å²) in [5.74, 6) is -1.61. The normalized spacial score (nSPS) is 12.1. The van der Waals surface area contributed by atoms with E-state index in [1.54, 1.807) is 0 Å². The first-order valence-electron chi connectivity index (χ1n) is 6.06. The molecule has 0 aliphatic rings. The second kappa shape index (κ2) is 6.72. The molecule has 8 heteroatoms. The fraction of sp³-hybridized carbons (Fsp3) is 0.636.